The predicted octanol–water partition coefficient (Wildman–Crippen LogP) is 2.68. The fourth-order valence-electron chi connectivity index (χ4n) is 2.81. The lowest BCUT2D eigenvalue weighted by molar-refractivity contribution is 0.184. The average Bonchev–Trinajstić information content (AvgIpc) is 2.81. The maximum atomic E-state index is 5.43. The molecule has 0 aromatic carbocycles. The van der Waals surface area contributed by atoms with E-state index in [1.165, 1.54) is 44.4 Å². The fourth-order valence-corrected chi connectivity index (χ4v) is 4.03. The summed E-state index contributed by atoms with van der Waals surface area (Å²) in [4.78, 5) is 0. The fraction of sp³-hybridized carbons (Fsp3) is 1.00. The normalized spacial score (nSPS) is 35.4. The Labute approximate surface area is 104 Å². The van der Waals surface area contributed by atoms with E-state index in [9.17, 15) is 0 Å². The highest BCUT2D eigenvalue weighted by Crippen LogP contribution is 2.28. The third kappa shape index (κ3) is 3.64. The van der Waals surface area contributed by atoms with Gasteiger partial charge in [0.2, 0.25) is 0 Å². The van der Waals surface area contributed by atoms with Gasteiger partial charge in [-0.2, -0.15) is 11.8 Å². The third-order valence-corrected chi connectivity index (χ3v) is 5.10. The molecule has 1 N–H and O–H groups in total. The van der Waals surface area contributed by atoms with E-state index in [-0.39, 0.29) is 0 Å². The van der Waals surface area contributed by atoms with Crippen molar-refractivity contribution in [1.82, 2.24) is 5.32 Å². The zero-order valence-electron chi connectivity index (χ0n) is 10.4. The van der Waals surface area contributed by atoms with Gasteiger partial charge in [0.1, 0.15) is 0 Å². The van der Waals surface area contributed by atoms with E-state index in [1.54, 1.807) is 0 Å². The highest BCUT2D eigenvalue weighted by Gasteiger charge is 2.25. The van der Waals surface area contributed by atoms with E-state index in [1.807, 2.05) is 0 Å². The van der Waals surface area contributed by atoms with Gasteiger partial charge in [-0.15, -0.1) is 0 Å². The molecule has 3 heteroatoms. The second-order valence-corrected chi connectivity index (χ2v) is 6.54. The summed E-state index contributed by atoms with van der Waals surface area (Å²) in [5.41, 5.74) is 0. The number of rotatable bonds is 5. The van der Waals surface area contributed by atoms with Gasteiger partial charge in [-0.05, 0) is 30.9 Å². The monoisotopic (exact) mass is 243 g/mol. The highest BCUT2D eigenvalue weighted by molar-refractivity contribution is 7.99. The molecule has 2 fully saturated rings. The van der Waals surface area contributed by atoms with Crippen molar-refractivity contribution in [1.29, 1.82) is 0 Å². The van der Waals surface area contributed by atoms with Gasteiger partial charge in [0, 0.05) is 24.4 Å². The summed E-state index contributed by atoms with van der Waals surface area (Å²) in [5, 5.41) is 4.66. The number of hydrogen-bond acceptors (Lipinski definition) is 3. The zero-order chi connectivity index (χ0) is 11.2. The van der Waals surface area contributed by atoms with Crippen molar-refractivity contribution in [3.05, 3.63) is 0 Å². The number of ether oxygens (including phenoxy) is 1. The smallest absolute Gasteiger partial charge is 0.0507 e. The summed E-state index contributed by atoms with van der Waals surface area (Å²) < 4.78 is 5.43. The standard InChI is InChI=1S/C13H25NOS/c1-2-16-13-6-4-3-5-12(13)14-9-11-7-8-15-10-11/h11-14H,2-10H2,1H3. The van der Waals surface area contributed by atoms with Crippen LogP contribution in [0.5, 0.6) is 0 Å². The number of nitrogens with one attached hydrogen (secondary N) is 1. The highest BCUT2D eigenvalue weighted by atomic mass is 32.2. The minimum Gasteiger partial charge on any atom is -0.381 e. The van der Waals surface area contributed by atoms with Gasteiger partial charge in [-0.3, -0.25) is 0 Å². The summed E-state index contributed by atoms with van der Waals surface area (Å²) in [6, 6.07) is 0.763. The van der Waals surface area contributed by atoms with Crippen LogP contribution in [-0.2, 0) is 4.74 Å². The molecule has 0 aromatic rings. The van der Waals surface area contributed by atoms with Crippen molar-refractivity contribution in [2.45, 2.75) is 50.3 Å². The minimum absolute atomic E-state index is 0.763. The number of thioether (sulfide) groups is 1. The first-order valence-corrected chi connectivity index (χ1v) is 7.87. The molecule has 1 heterocycles. The topological polar surface area (TPSA) is 21.3 Å². The molecule has 1 aliphatic heterocycles. The quantitative estimate of drug-likeness (QED) is 0.802. The maximum Gasteiger partial charge on any atom is 0.0507 e. The minimum atomic E-state index is 0.763. The van der Waals surface area contributed by atoms with Crippen LogP contribution in [0.3, 0.4) is 0 Å². The van der Waals surface area contributed by atoms with Crippen LogP contribution in [0.2, 0.25) is 0 Å². The summed E-state index contributed by atoms with van der Waals surface area (Å²) in [6.07, 6.45) is 6.90. The summed E-state index contributed by atoms with van der Waals surface area (Å²) >= 11 is 2.15. The molecule has 3 atom stereocenters. The predicted molar refractivity (Wildman–Crippen MR) is 71.1 cm³/mol. The molecule has 2 nitrogen and oxygen atoms in total. The van der Waals surface area contributed by atoms with E-state index in [2.05, 4.69) is 24.0 Å². The van der Waals surface area contributed by atoms with Crippen molar-refractivity contribution < 1.29 is 4.74 Å². The lowest BCUT2D eigenvalue weighted by Crippen LogP contribution is -2.42. The van der Waals surface area contributed by atoms with Gasteiger partial charge in [0.15, 0.2) is 0 Å². The molecule has 3 unspecified atom stereocenters. The largest absolute Gasteiger partial charge is 0.381 e. The zero-order valence-corrected chi connectivity index (χ0v) is 11.2. The summed E-state index contributed by atoms with van der Waals surface area (Å²) in [6.45, 7) is 5.40. The second kappa shape index (κ2) is 6.87. The van der Waals surface area contributed by atoms with E-state index in [0.29, 0.717) is 0 Å². The van der Waals surface area contributed by atoms with Crippen LogP contribution in [0, 0.1) is 5.92 Å². The molecule has 16 heavy (non-hydrogen) atoms. The first kappa shape index (κ1) is 12.7. The van der Waals surface area contributed by atoms with Crippen LogP contribution < -0.4 is 5.32 Å². The van der Waals surface area contributed by atoms with Gasteiger partial charge in [-0.25, -0.2) is 0 Å². The molecule has 1 aliphatic carbocycles. The Morgan fingerprint density at radius 1 is 1.25 bits per heavy atom. The molecule has 1 saturated heterocycles. The molecule has 0 amide bonds. The van der Waals surface area contributed by atoms with Crippen molar-refractivity contribution in [2.24, 2.45) is 5.92 Å². The van der Waals surface area contributed by atoms with Crippen LogP contribution in [0.4, 0.5) is 0 Å². The molecule has 2 rings (SSSR count). The Kier molecular flexibility index (Phi) is 5.46. The van der Waals surface area contributed by atoms with E-state index >= 15 is 0 Å². The molecule has 0 radical (unpaired) electrons. The van der Waals surface area contributed by atoms with Crippen LogP contribution >= 0.6 is 11.8 Å². The molecular weight excluding hydrogens is 218 g/mol. The van der Waals surface area contributed by atoms with Crippen LogP contribution in [0.1, 0.15) is 39.0 Å². The summed E-state index contributed by atoms with van der Waals surface area (Å²) in [7, 11) is 0. The summed E-state index contributed by atoms with van der Waals surface area (Å²) in [5.74, 6) is 2.03. The molecular formula is C13H25NOS. The first-order chi connectivity index (χ1) is 7.90. The van der Waals surface area contributed by atoms with Crippen LogP contribution in [-0.4, -0.2) is 36.8 Å². The second-order valence-electron chi connectivity index (χ2n) is 5.02. The van der Waals surface area contributed by atoms with Gasteiger partial charge >= 0.3 is 0 Å². The van der Waals surface area contributed by atoms with Gasteiger partial charge in [-0.1, -0.05) is 19.8 Å². The van der Waals surface area contributed by atoms with Crippen LogP contribution in [0.25, 0.3) is 0 Å². The van der Waals surface area contributed by atoms with Crippen molar-refractivity contribution in [3.63, 3.8) is 0 Å². The third-order valence-electron chi connectivity index (χ3n) is 3.78. The van der Waals surface area contributed by atoms with Crippen molar-refractivity contribution >= 4 is 11.8 Å². The first-order valence-electron chi connectivity index (χ1n) is 6.83. The molecule has 0 spiro atoms. The van der Waals surface area contributed by atoms with Crippen molar-refractivity contribution in [2.75, 3.05) is 25.5 Å². The molecule has 2 aliphatic rings. The lowest BCUT2D eigenvalue weighted by atomic mass is 9.94. The maximum absolute atomic E-state index is 5.43. The Morgan fingerprint density at radius 3 is 2.88 bits per heavy atom. The van der Waals surface area contributed by atoms with Crippen LogP contribution in [0.15, 0.2) is 0 Å². The lowest BCUT2D eigenvalue weighted by Gasteiger charge is -2.32. The van der Waals surface area contributed by atoms with E-state index in [4.69, 9.17) is 4.74 Å². The van der Waals surface area contributed by atoms with Gasteiger partial charge in [0.25, 0.3) is 0 Å². The Bertz CT molecular complexity index is 192. The average molecular weight is 243 g/mol. The van der Waals surface area contributed by atoms with Gasteiger partial charge in [0.05, 0.1) is 6.61 Å². The van der Waals surface area contributed by atoms with Gasteiger partial charge < -0.3 is 10.1 Å². The molecule has 1 saturated carbocycles. The van der Waals surface area contributed by atoms with E-state index < -0.39 is 0 Å². The molecule has 94 valence electrons. The number of hydrogen-bond donors (Lipinski definition) is 1. The molecule has 0 bridgehead atoms. The Morgan fingerprint density at radius 2 is 2.12 bits per heavy atom. The Hall–Kier alpha value is 0.270. The SMILES string of the molecule is CCSC1CCCCC1NCC1CCOC1. The Balaban J connectivity index is 1.72. The molecule has 0 aromatic heterocycles. The van der Waals surface area contributed by atoms with Crippen molar-refractivity contribution in [3.8, 4) is 0 Å². The van der Waals surface area contributed by atoms with E-state index in [0.717, 1.165) is 30.4 Å².